The van der Waals surface area contributed by atoms with Crippen molar-refractivity contribution in [1.82, 2.24) is 5.43 Å². The first-order valence-corrected chi connectivity index (χ1v) is 11.8. The zero-order valence-electron chi connectivity index (χ0n) is 16.5. The first-order valence-electron chi connectivity index (χ1n) is 9.13. The molecule has 0 fully saturated rings. The molecule has 30 heavy (non-hydrogen) atoms. The van der Waals surface area contributed by atoms with Crippen molar-refractivity contribution in [3.8, 4) is 11.5 Å². The Morgan fingerprint density at radius 3 is 2.73 bits per heavy atom. The predicted octanol–water partition coefficient (Wildman–Crippen LogP) is 6.51. The zero-order chi connectivity index (χ0) is 21.8. The molecule has 1 N–H and O–H groups in total. The van der Waals surface area contributed by atoms with Gasteiger partial charge in [-0.3, -0.25) is 4.79 Å². The largest absolute Gasteiger partial charge is 0.490 e. The van der Waals surface area contributed by atoms with Crippen LogP contribution in [0.2, 0.25) is 0 Å². The van der Waals surface area contributed by atoms with Gasteiger partial charge in [0.25, 0.3) is 0 Å². The zero-order valence-corrected chi connectivity index (χ0v) is 21.8. The molecule has 0 bridgehead atoms. The number of carbonyl (C=O) groups excluding carboxylic acids is 1. The van der Waals surface area contributed by atoms with Gasteiger partial charge in [0.1, 0.15) is 5.58 Å². The Hall–Kier alpha value is -1.59. The lowest BCUT2D eigenvalue weighted by molar-refractivity contribution is 0.0929. The molecule has 0 aliphatic rings. The van der Waals surface area contributed by atoms with Crippen LogP contribution in [0.25, 0.3) is 11.0 Å². The summed E-state index contributed by atoms with van der Waals surface area (Å²) in [6, 6.07) is 9.14. The first-order chi connectivity index (χ1) is 14.3. The lowest BCUT2D eigenvalue weighted by atomic mass is 10.2. The second-order valence-electron chi connectivity index (χ2n) is 6.55. The summed E-state index contributed by atoms with van der Waals surface area (Å²) in [5.74, 6) is 1.07. The van der Waals surface area contributed by atoms with E-state index in [1.165, 1.54) is 0 Å². The van der Waals surface area contributed by atoms with E-state index in [0.717, 1.165) is 23.5 Å². The number of amides is 1. The third-order valence-corrected chi connectivity index (χ3v) is 5.67. The molecule has 1 heterocycles. The number of carbonyl (C=O) groups is 1. The van der Waals surface area contributed by atoms with Crippen molar-refractivity contribution in [2.75, 3.05) is 6.61 Å². The molecule has 0 aliphatic heterocycles. The minimum absolute atomic E-state index is 0.0287. The molecular weight excluding hydrogens is 631 g/mol. The summed E-state index contributed by atoms with van der Waals surface area (Å²) in [5, 5.41) is 4.86. The summed E-state index contributed by atoms with van der Waals surface area (Å²) in [6.07, 6.45) is 1.58. The SMILES string of the molecule is CCOc1cc(/C=N\NC(=O)c2cc3cc(Br)cc(Br)c3o2)cc(I)c1OC(C)C. The third kappa shape index (κ3) is 5.55. The molecule has 2 aromatic carbocycles. The van der Waals surface area contributed by atoms with Crippen LogP contribution in [0.4, 0.5) is 0 Å². The van der Waals surface area contributed by atoms with E-state index in [1.54, 1.807) is 12.3 Å². The van der Waals surface area contributed by atoms with E-state index in [2.05, 4.69) is 65.0 Å². The lowest BCUT2D eigenvalue weighted by Crippen LogP contribution is -2.16. The fraction of sp³-hybridized carbons (Fsp3) is 0.238. The Balaban J connectivity index is 1.77. The Morgan fingerprint density at radius 1 is 1.27 bits per heavy atom. The van der Waals surface area contributed by atoms with Crippen molar-refractivity contribution in [3.05, 3.63) is 54.2 Å². The highest BCUT2D eigenvalue weighted by Gasteiger charge is 2.15. The van der Waals surface area contributed by atoms with E-state index < -0.39 is 5.91 Å². The molecule has 9 heteroatoms. The molecule has 0 saturated heterocycles. The van der Waals surface area contributed by atoms with Gasteiger partial charge in [0.2, 0.25) is 0 Å². The number of benzene rings is 2. The monoisotopic (exact) mass is 648 g/mol. The van der Waals surface area contributed by atoms with Crippen molar-refractivity contribution >= 4 is 77.5 Å². The van der Waals surface area contributed by atoms with Gasteiger partial charge in [-0.15, -0.1) is 0 Å². The lowest BCUT2D eigenvalue weighted by Gasteiger charge is -2.16. The van der Waals surface area contributed by atoms with E-state index in [1.807, 2.05) is 45.0 Å². The molecule has 1 aromatic heterocycles. The molecule has 0 atom stereocenters. The smallest absolute Gasteiger partial charge is 0.307 e. The van der Waals surface area contributed by atoms with Crippen molar-refractivity contribution in [2.24, 2.45) is 5.10 Å². The normalized spacial score (nSPS) is 11.4. The number of ether oxygens (including phenoxy) is 2. The maximum Gasteiger partial charge on any atom is 0.307 e. The molecule has 0 aliphatic carbocycles. The fourth-order valence-electron chi connectivity index (χ4n) is 2.68. The Bertz CT molecular complexity index is 1110. The average Bonchev–Trinajstić information content (AvgIpc) is 3.09. The molecule has 3 rings (SSSR count). The van der Waals surface area contributed by atoms with Crippen LogP contribution in [0.1, 0.15) is 36.9 Å². The molecule has 158 valence electrons. The molecule has 0 saturated carbocycles. The standard InChI is InChI=1S/C21H19Br2IN2O4/c1-4-28-17-6-12(5-16(24)20(17)29-11(2)3)10-25-26-21(27)18-8-13-7-14(22)9-15(23)19(13)30-18/h5-11H,4H2,1-3H3,(H,26,27)/b25-10-. The van der Waals surface area contributed by atoms with Gasteiger partial charge in [-0.25, -0.2) is 5.43 Å². The number of fused-ring (bicyclic) bond motifs is 1. The van der Waals surface area contributed by atoms with Crippen LogP contribution in [0.5, 0.6) is 11.5 Å². The van der Waals surface area contributed by atoms with Gasteiger partial charge in [-0.05, 0) is 95.2 Å². The number of nitrogens with zero attached hydrogens (tertiary/aromatic N) is 1. The van der Waals surface area contributed by atoms with E-state index >= 15 is 0 Å². The summed E-state index contributed by atoms with van der Waals surface area (Å²) in [5.41, 5.74) is 3.87. The average molecular weight is 650 g/mol. The van der Waals surface area contributed by atoms with Gasteiger partial charge in [-0.2, -0.15) is 5.10 Å². The summed E-state index contributed by atoms with van der Waals surface area (Å²) in [6.45, 7) is 6.36. The maximum absolute atomic E-state index is 12.4. The molecule has 1 amide bonds. The first kappa shape index (κ1) is 23.1. The van der Waals surface area contributed by atoms with Gasteiger partial charge < -0.3 is 13.9 Å². The van der Waals surface area contributed by atoms with Crippen molar-refractivity contribution in [1.29, 1.82) is 0 Å². The summed E-state index contributed by atoms with van der Waals surface area (Å²) >= 11 is 9.05. The quantitative estimate of drug-likeness (QED) is 0.180. The Labute approximate surface area is 204 Å². The van der Waals surface area contributed by atoms with Crippen molar-refractivity contribution in [3.63, 3.8) is 0 Å². The highest BCUT2D eigenvalue weighted by atomic mass is 127. The number of hydrogen-bond acceptors (Lipinski definition) is 5. The third-order valence-electron chi connectivity index (χ3n) is 3.82. The van der Waals surface area contributed by atoms with E-state index in [-0.39, 0.29) is 11.9 Å². The number of furan rings is 1. The molecule has 0 spiro atoms. The van der Waals surface area contributed by atoms with Crippen LogP contribution in [0.3, 0.4) is 0 Å². The van der Waals surface area contributed by atoms with E-state index in [0.29, 0.717) is 23.7 Å². The summed E-state index contributed by atoms with van der Waals surface area (Å²) in [7, 11) is 0. The highest BCUT2D eigenvalue weighted by Crippen LogP contribution is 2.35. The number of halogens is 3. The number of rotatable bonds is 7. The fourth-order valence-corrected chi connectivity index (χ4v) is 4.78. The van der Waals surface area contributed by atoms with Crippen LogP contribution >= 0.6 is 54.5 Å². The maximum atomic E-state index is 12.4. The Morgan fingerprint density at radius 2 is 2.03 bits per heavy atom. The Kier molecular flexibility index (Phi) is 7.81. The van der Waals surface area contributed by atoms with E-state index in [4.69, 9.17) is 13.9 Å². The van der Waals surface area contributed by atoms with Crippen LogP contribution in [-0.2, 0) is 0 Å². The molecular formula is C21H19Br2IN2O4. The predicted molar refractivity (Wildman–Crippen MR) is 133 cm³/mol. The van der Waals surface area contributed by atoms with Gasteiger partial charge >= 0.3 is 5.91 Å². The van der Waals surface area contributed by atoms with Gasteiger partial charge in [-0.1, -0.05) is 15.9 Å². The van der Waals surface area contributed by atoms with Crippen LogP contribution in [0, 0.1) is 3.57 Å². The van der Waals surface area contributed by atoms with Crippen LogP contribution in [0.15, 0.2) is 48.8 Å². The van der Waals surface area contributed by atoms with Crippen molar-refractivity contribution < 1.29 is 18.7 Å². The highest BCUT2D eigenvalue weighted by molar-refractivity contribution is 14.1. The number of hydrogen-bond donors (Lipinski definition) is 1. The molecule has 0 radical (unpaired) electrons. The second-order valence-corrected chi connectivity index (χ2v) is 9.48. The van der Waals surface area contributed by atoms with Gasteiger partial charge in [0, 0.05) is 9.86 Å². The second kappa shape index (κ2) is 10.1. The minimum Gasteiger partial charge on any atom is -0.490 e. The molecule has 0 unspecified atom stereocenters. The van der Waals surface area contributed by atoms with Crippen molar-refractivity contribution in [2.45, 2.75) is 26.9 Å². The van der Waals surface area contributed by atoms with E-state index in [9.17, 15) is 4.79 Å². The van der Waals surface area contributed by atoms with Crippen LogP contribution in [-0.4, -0.2) is 24.8 Å². The topological polar surface area (TPSA) is 73.1 Å². The summed E-state index contributed by atoms with van der Waals surface area (Å²) < 4.78 is 19.8. The minimum atomic E-state index is -0.440. The van der Waals surface area contributed by atoms with Gasteiger partial charge in [0.05, 0.1) is 27.0 Å². The molecule has 6 nitrogen and oxygen atoms in total. The summed E-state index contributed by atoms with van der Waals surface area (Å²) in [4.78, 5) is 12.4. The molecule has 3 aromatic rings. The number of hydrazone groups is 1. The number of nitrogens with one attached hydrogen (secondary N) is 1. The van der Waals surface area contributed by atoms with Crippen LogP contribution < -0.4 is 14.9 Å². The van der Waals surface area contributed by atoms with Gasteiger partial charge in [0.15, 0.2) is 17.3 Å².